The number of hydrogen-bond acceptors (Lipinski definition) is 5. The van der Waals surface area contributed by atoms with E-state index >= 15 is 0 Å². The van der Waals surface area contributed by atoms with Gasteiger partial charge in [0.25, 0.3) is 0 Å². The number of carbonyl (C=O) groups excluding carboxylic acids is 2. The van der Waals surface area contributed by atoms with E-state index in [1.807, 2.05) is 0 Å². The Morgan fingerprint density at radius 1 is 1.32 bits per heavy atom. The zero-order valence-electron chi connectivity index (χ0n) is 14.7. The summed E-state index contributed by atoms with van der Waals surface area (Å²) in [5, 5.41) is 4.00. The third-order valence-corrected chi connectivity index (χ3v) is 7.62. The number of hydrogen-bond donors (Lipinski definition) is 2. The highest BCUT2D eigenvalue weighted by atomic mass is 35.5. The first-order valence-electron chi connectivity index (χ1n) is 8.22. The lowest BCUT2D eigenvalue weighted by molar-refractivity contribution is -0.116. The van der Waals surface area contributed by atoms with Crippen LogP contribution in [0.4, 0.5) is 15.8 Å². The van der Waals surface area contributed by atoms with Gasteiger partial charge in [-0.2, -0.15) is 0 Å². The maximum absolute atomic E-state index is 13.2. The van der Waals surface area contributed by atoms with Gasteiger partial charge in [0, 0.05) is 17.0 Å². The van der Waals surface area contributed by atoms with Gasteiger partial charge in [-0.3, -0.25) is 9.59 Å². The Labute approximate surface area is 170 Å². The fourth-order valence-electron chi connectivity index (χ4n) is 2.63. The summed E-state index contributed by atoms with van der Waals surface area (Å²) in [6, 6.07) is 8.20. The quantitative estimate of drug-likeness (QED) is 0.736. The normalized spacial score (nSPS) is 14.8. The number of carbonyl (C=O) groups is 2. The van der Waals surface area contributed by atoms with E-state index in [-0.39, 0.29) is 33.7 Å². The molecule has 0 spiro atoms. The summed E-state index contributed by atoms with van der Waals surface area (Å²) < 4.78 is 38.8. The first kappa shape index (κ1) is 20.6. The summed E-state index contributed by atoms with van der Waals surface area (Å²) in [7, 11) is -3.80. The third-order valence-electron chi connectivity index (χ3n) is 4.12. The molecule has 3 rings (SSSR count). The summed E-state index contributed by atoms with van der Waals surface area (Å²) in [6.07, 6.45) is -0.296. The van der Waals surface area contributed by atoms with E-state index in [0.717, 1.165) is 11.0 Å². The lowest BCUT2D eigenvalue weighted by Gasteiger charge is -2.18. The highest BCUT2D eigenvalue weighted by Crippen LogP contribution is 2.34. The van der Waals surface area contributed by atoms with Crippen molar-refractivity contribution in [3.63, 3.8) is 0 Å². The average molecular weight is 443 g/mol. The Hall–Kier alpha value is -2.10. The number of anilines is 2. The van der Waals surface area contributed by atoms with Crippen LogP contribution in [0, 0.1) is 5.82 Å². The van der Waals surface area contributed by atoms with Crippen LogP contribution in [0.2, 0.25) is 5.02 Å². The highest BCUT2D eigenvalue weighted by molar-refractivity contribution is 8.00. The molecule has 1 aliphatic heterocycles. The summed E-state index contributed by atoms with van der Waals surface area (Å²) in [6.45, 7) is 1.43. The van der Waals surface area contributed by atoms with Crippen LogP contribution in [0.5, 0.6) is 0 Å². The molecular formula is C18H16ClFN2O4S2. The monoisotopic (exact) mass is 442 g/mol. The number of halogens is 2. The van der Waals surface area contributed by atoms with Crippen LogP contribution in [0.25, 0.3) is 0 Å². The molecule has 2 aromatic carbocycles. The van der Waals surface area contributed by atoms with Crippen LogP contribution < -0.4 is 10.6 Å². The van der Waals surface area contributed by atoms with Gasteiger partial charge in [0.15, 0.2) is 9.84 Å². The molecule has 0 saturated carbocycles. The lowest BCUT2D eigenvalue weighted by Crippen LogP contribution is -2.25. The Balaban J connectivity index is 1.73. The highest BCUT2D eigenvalue weighted by Gasteiger charge is 2.27. The van der Waals surface area contributed by atoms with Crippen LogP contribution in [-0.4, -0.2) is 31.2 Å². The molecule has 2 aromatic rings. The van der Waals surface area contributed by atoms with Gasteiger partial charge in [-0.25, -0.2) is 12.8 Å². The number of thioether (sulfide) groups is 1. The summed E-state index contributed by atoms with van der Waals surface area (Å²) in [5.74, 6) is -1.07. The standard InChI is InChI=1S/C18H16ClFN2O4S2/c1-10(6-17(23)21-11-2-4-14(20)13(19)7-11)28(25,26)12-3-5-16-15(8-12)22-18(24)9-27-16/h2-5,7-8,10H,6,9H2,1H3,(H,21,23)(H,22,24). The second-order valence-corrected chi connectivity index (χ2v) is 10.0. The van der Waals surface area contributed by atoms with Crippen molar-refractivity contribution in [1.82, 2.24) is 0 Å². The Morgan fingerprint density at radius 3 is 2.79 bits per heavy atom. The van der Waals surface area contributed by atoms with Gasteiger partial charge in [0.2, 0.25) is 11.8 Å². The molecule has 0 aromatic heterocycles. The largest absolute Gasteiger partial charge is 0.326 e. The zero-order chi connectivity index (χ0) is 20.5. The maximum Gasteiger partial charge on any atom is 0.234 e. The van der Waals surface area contributed by atoms with Crippen molar-refractivity contribution in [3.8, 4) is 0 Å². The fourth-order valence-corrected chi connectivity index (χ4v) is 4.97. The molecular weight excluding hydrogens is 427 g/mol. The van der Waals surface area contributed by atoms with Gasteiger partial charge in [-0.1, -0.05) is 11.6 Å². The van der Waals surface area contributed by atoms with Crippen LogP contribution in [0.3, 0.4) is 0 Å². The van der Waals surface area contributed by atoms with Crippen LogP contribution in [-0.2, 0) is 19.4 Å². The van der Waals surface area contributed by atoms with Gasteiger partial charge in [-0.05, 0) is 43.3 Å². The van der Waals surface area contributed by atoms with E-state index in [1.54, 1.807) is 6.07 Å². The molecule has 0 saturated heterocycles. The van der Waals surface area contributed by atoms with E-state index in [4.69, 9.17) is 11.6 Å². The summed E-state index contributed by atoms with van der Waals surface area (Å²) in [5.41, 5.74) is 0.717. The predicted octanol–water partition coefficient (Wildman–Crippen LogP) is 3.71. The van der Waals surface area contributed by atoms with Crippen molar-refractivity contribution in [3.05, 3.63) is 47.2 Å². The maximum atomic E-state index is 13.2. The van der Waals surface area contributed by atoms with Gasteiger partial charge in [-0.15, -0.1) is 11.8 Å². The smallest absolute Gasteiger partial charge is 0.234 e. The SMILES string of the molecule is CC(CC(=O)Nc1ccc(F)c(Cl)c1)S(=O)(=O)c1ccc2c(c1)NC(=O)CS2. The van der Waals surface area contributed by atoms with E-state index in [0.29, 0.717) is 5.69 Å². The number of nitrogens with one attached hydrogen (secondary N) is 2. The number of benzene rings is 2. The molecule has 0 fully saturated rings. The molecule has 6 nitrogen and oxygen atoms in total. The Kier molecular flexibility index (Phi) is 5.97. The molecule has 2 amide bonds. The van der Waals surface area contributed by atoms with Crippen molar-refractivity contribution >= 4 is 56.4 Å². The Bertz CT molecular complexity index is 1060. The first-order chi connectivity index (χ1) is 13.2. The number of sulfone groups is 1. The predicted molar refractivity (Wildman–Crippen MR) is 107 cm³/mol. The molecule has 1 atom stereocenters. The van der Waals surface area contributed by atoms with Crippen LogP contribution in [0.1, 0.15) is 13.3 Å². The van der Waals surface area contributed by atoms with Crippen LogP contribution >= 0.6 is 23.4 Å². The second-order valence-electron chi connectivity index (χ2n) is 6.23. The van der Waals surface area contributed by atoms with Crippen LogP contribution in [0.15, 0.2) is 46.2 Å². The summed E-state index contributed by atoms with van der Waals surface area (Å²) >= 11 is 7.00. The van der Waals surface area contributed by atoms with Gasteiger partial charge in [0.05, 0.1) is 26.6 Å². The third kappa shape index (κ3) is 4.48. The molecule has 1 heterocycles. The minimum Gasteiger partial charge on any atom is -0.326 e. The second kappa shape index (κ2) is 8.10. The fraction of sp³-hybridized carbons (Fsp3) is 0.222. The van der Waals surface area contributed by atoms with Gasteiger partial charge >= 0.3 is 0 Å². The van der Waals surface area contributed by atoms with E-state index in [2.05, 4.69) is 10.6 Å². The molecule has 0 bridgehead atoms. The molecule has 0 radical (unpaired) electrons. The van der Waals surface area contributed by atoms with Crippen molar-refractivity contribution in [2.45, 2.75) is 28.4 Å². The van der Waals surface area contributed by atoms with Gasteiger partial charge < -0.3 is 10.6 Å². The van der Waals surface area contributed by atoms with E-state index < -0.39 is 26.8 Å². The lowest BCUT2D eigenvalue weighted by atomic mass is 10.2. The van der Waals surface area contributed by atoms with E-state index in [9.17, 15) is 22.4 Å². The van der Waals surface area contributed by atoms with E-state index in [1.165, 1.54) is 43.0 Å². The molecule has 1 aliphatic rings. The molecule has 28 heavy (non-hydrogen) atoms. The minimum absolute atomic E-state index is 0.0270. The molecule has 1 unspecified atom stereocenters. The number of amides is 2. The Morgan fingerprint density at radius 2 is 2.07 bits per heavy atom. The average Bonchev–Trinajstić information content (AvgIpc) is 2.64. The molecule has 0 aliphatic carbocycles. The number of rotatable bonds is 5. The van der Waals surface area contributed by atoms with Crippen molar-refractivity contribution in [2.75, 3.05) is 16.4 Å². The first-order valence-corrected chi connectivity index (χ1v) is 11.1. The number of fused-ring (bicyclic) bond motifs is 1. The zero-order valence-corrected chi connectivity index (χ0v) is 17.1. The summed E-state index contributed by atoms with van der Waals surface area (Å²) in [4.78, 5) is 24.5. The topological polar surface area (TPSA) is 92.3 Å². The molecule has 2 N–H and O–H groups in total. The van der Waals surface area contributed by atoms with Crippen molar-refractivity contribution in [2.24, 2.45) is 0 Å². The van der Waals surface area contributed by atoms with Crippen molar-refractivity contribution < 1.29 is 22.4 Å². The minimum atomic E-state index is -3.80. The molecule has 148 valence electrons. The molecule has 10 heteroatoms. The van der Waals surface area contributed by atoms with Crippen molar-refractivity contribution in [1.29, 1.82) is 0 Å². The van der Waals surface area contributed by atoms with Gasteiger partial charge in [0.1, 0.15) is 5.82 Å².